The summed E-state index contributed by atoms with van der Waals surface area (Å²) < 4.78 is 5.51. The van der Waals surface area contributed by atoms with Gasteiger partial charge in [0.15, 0.2) is 5.96 Å². The van der Waals surface area contributed by atoms with Crippen molar-refractivity contribution in [1.82, 2.24) is 10.6 Å². The van der Waals surface area contributed by atoms with Crippen LogP contribution in [0.2, 0.25) is 0 Å². The molecule has 2 heterocycles. The predicted molar refractivity (Wildman–Crippen MR) is 110 cm³/mol. The largest absolute Gasteiger partial charge is 0.495 e. The highest BCUT2D eigenvalue weighted by molar-refractivity contribution is 7.09. The molecule has 2 aromatic rings. The summed E-state index contributed by atoms with van der Waals surface area (Å²) >= 11 is 1.75. The molecule has 1 fully saturated rings. The lowest BCUT2D eigenvalue weighted by atomic mass is 10.1. The third-order valence-electron chi connectivity index (χ3n) is 4.59. The van der Waals surface area contributed by atoms with Crippen LogP contribution < -0.4 is 20.3 Å². The van der Waals surface area contributed by atoms with Crippen LogP contribution in [0.4, 0.5) is 5.69 Å². The van der Waals surface area contributed by atoms with Crippen molar-refractivity contribution < 1.29 is 4.74 Å². The maximum Gasteiger partial charge on any atom is 0.191 e. The molecule has 1 aromatic heterocycles. The van der Waals surface area contributed by atoms with Crippen molar-refractivity contribution in [2.24, 2.45) is 10.9 Å². The molecule has 0 bridgehead atoms. The molecule has 1 aliphatic heterocycles. The lowest BCUT2D eigenvalue weighted by molar-refractivity contribution is 0.414. The normalized spacial score (nSPS) is 17.4. The number of guanidine groups is 1. The molecule has 0 radical (unpaired) electrons. The monoisotopic (exact) mass is 372 g/mol. The van der Waals surface area contributed by atoms with Crippen molar-refractivity contribution in [2.75, 3.05) is 38.2 Å². The number of hydrogen-bond donors (Lipinski definition) is 2. The van der Waals surface area contributed by atoms with Gasteiger partial charge in [-0.1, -0.05) is 18.2 Å². The van der Waals surface area contributed by atoms with E-state index in [9.17, 15) is 0 Å². The Kier molecular flexibility index (Phi) is 6.77. The zero-order valence-electron chi connectivity index (χ0n) is 15.6. The molecule has 3 rings (SSSR count). The number of anilines is 1. The fourth-order valence-corrected chi connectivity index (χ4v) is 3.88. The number of rotatable bonds is 7. The molecule has 0 aliphatic carbocycles. The van der Waals surface area contributed by atoms with Gasteiger partial charge in [-0.2, -0.15) is 0 Å². The summed E-state index contributed by atoms with van der Waals surface area (Å²) in [6.45, 7) is 6.73. The summed E-state index contributed by atoms with van der Waals surface area (Å²) in [5.41, 5.74) is 1.19. The van der Waals surface area contributed by atoms with E-state index in [0.29, 0.717) is 5.92 Å². The Labute approximate surface area is 160 Å². The zero-order chi connectivity index (χ0) is 18.2. The van der Waals surface area contributed by atoms with Crippen LogP contribution in [0.15, 0.2) is 46.8 Å². The number of hydrogen-bond acceptors (Lipinski definition) is 4. The molecule has 26 heavy (non-hydrogen) atoms. The second-order valence-electron chi connectivity index (χ2n) is 6.43. The molecule has 1 aliphatic rings. The Bertz CT molecular complexity index is 702. The van der Waals surface area contributed by atoms with Crippen molar-refractivity contribution in [3.05, 3.63) is 46.7 Å². The van der Waals surface area contributed by atoms with E-state index in [1.54, 1.807) is 18.4 Å². The summed E-state index contributed by atoms with van der Waals surface area (Å²) in [5.74, 6) is 2.45. The van der Waals surface area contributed by atoms with E-state index in [1.165, 1.54) is 17.0 Å². The van der Waals surface area contributed by atoms with E-state index < -0.39 is 0 Å². The second kappa shape index (κ2) is 9.48. The molecule has 0 saturated carbocycles. The van der Waals surface area contributed by atoms with Crippen LogP contribution in [0, 0.1) is 5.92 Å². The van der Waals surface area contributed by atoms with Gasteiger partial charge >= 0.3 is 0 Å². The quantitative estimate of drug-likeness (QED) is 0.578. The number of nitrogens with one attached hydrogen (secondary N) is 2. The van der Waals surface area contributed by atoms with Crippen LogP contribution in [0.3, 0.4) is 0 Å². The molecule has 5 nitrogen and oxygen atoms in total. The van der Waals surface area contributed by atoms with E-state index in [1.807, 2.05) is 12.1 Å². The summed E-state index contributed by atoms with van der Waals surface area (Å²) in [6.07, 6.45) is 1.18. The third-order valence-corrected chi connectivity index (χ3v) is 5.45. The number of para-hydroxylation sites is 2. The first-order chi connectivity index (χ1) is 12.8. The minimum absolute atomic E-state index is 0.602. The number of aliphatic imine (C=N–C) groups is 1. The number of methoxy groups -OCH3 is 1. The highest BCUT2D eigenvalue weighted by Gasteiger charge is 2.24. The van der Waals surface area contributed by atoms with Crippen molar-refractivity contribution in [3.63, 3.8) is 0 Å². The summed E-state index contributed by atoms with van der Waals surface area (Å²) in [5, 5.41) is 8.94. The molecule has 2 N–H and O–H groups in total. The van der Waals surface area contributed by atoms with Gasteiger partial charge in [0, 0.05) is 31.1 Å². The van der Waals surface area contributed by atoms with Crippen molar-refractivity contribution in [3.8, 4) is 5.75 Å². The summed E-state index contributed by atoms with van der Waals surface area (Å²) in [4.78, 5) is 8.39. The van der Waals surface area contributed by atoms with Gasteiger partial charge in [-0.3, -0.25) is 0 Å². The number of thiophene rings is 1. The van der Waals surface area contributed by atoms with E-state index in [-0.39, 0.29) is 0 Å². The van der Waals surface area contributed by atoms with E-state index in [0.717, 1.165) is 44.4 Å². The Morgan fingerprint density at radius 3 is 2.92 bits per heavy atom. The second-order valence-corrected chi connectivity index (χ2v) is 7.46. The molecular weight excluding hydrogens is 344 g/mol. The average Bonchev–Trinajstić information content (AvgIpc) is 3.36. The van der Waals surface area contributed by atoms with Crippen molar-refractivity contribution in [2.45, 2.75) is 19.9 Å². The average molecular weight is 373 g/mol. The highest BCUT2D eigenvalue weighted by atomic mass is 32.1. The molecular formula is C20H28N4OS. The first-order valence-corrected chi connectivity index (χ1v) is 10.1. The molecule has 0 spiro atoms. The van der Waals surface area contributed by atoms with Gasteiger partial charge in [-0.15, -0.1) is 11.3 Å². The Balaban J connectivity index is 1.53. The number of benzene rings is 1. The Morgan fingerprint density at radius 1 is 1.27 bits per heavy atom. The lowest BCUT2D eigenvalue weighted by Crippen LogP contribution is -2.40. The maximum absolute atomic E-state index is 5.51. The topological polar surface area (TPSA) is 48.9 Å². The van der Waals surface area contributed by atoms with Crippen molar-refractivity contribution in [1.29, 1.82) is 0 Å². The van der Waals surface area contributed by atoms with Crippen LogP contribution in [0.5, 0.6) is 5.75 Å². The summed E-state index contributed by atoms with van der Waals surface area (Å²) in [6, 6.07) is 12.5. The maximum atomic E-state index is 5.51. The van der Waals surface area contributed by atoms with Crippen LogP contribution in [-0.2, 0) is 6.54 Å². The van der Waals surface area contributed by atoms with Gasteiger partial charge in [0.1, 0.15) is 5.75 Å². The van der Waals surface area contributed by atoms with Gasteiger partial charge in [-0.25, -0.2) is 4.99 Å². The first kappa shape index (κ1) is 18.6. The molecule has 1 atom stereocenters. The van der Waals surface area contributed by atoms with Crippen LogP contribution >= 0.6 is 11.3 Å². The Morgan fingerprint density at radius 2 is 2.15 bits per heavy atom. The van der Waals surface area contributed by atoms with E-state index in [4.69, 9.17) is 9.73 Å². The van der Waals surface area contributed by atoms with Crippen LogP contribution in [0.1, 0.15) is 18.2 Å². The summed E-state index contributed by atoms with van der Waals surface area (Å²) in [7, 11) is 1.74. The van der Waals surface area contributed by atoms with Crippen molar-refractivity contribution >= 4 is 23.0 Å². The van der Waals surface area contributed by atoms with Crippen LogP contribution in [0.25, 0.3) is 0 Å². The third kappa shape index (κ3) is 4.91. The highest BCUT2D eigenvalue weighted by Crippen LogP contribution is 2.31. The first-order valence-electron chi connectivity index (χ1n) is 9.22. The van der Waals surface area contributed by atoms with Gasteiger partial charge < -0.3 is 20.3 Å². The lowest BCUT2D eigenvalue weighted by Gasteiger charge is -2.21. The smallest absolute Gasteiger partial charge is 0.191 e. The fraction of sp³-hybridized carbons (Fsp3) is 0.450. The van der Waals surface area contributed by atoms with Gasteiger partial charge in [0.2, 0.25) is 0 Å². The van der Waals surface area contributed by atoms with E-state index >= 15 is 0 Å². The molecule has 1 unspecified atom stereocenters. The fourth-order valence-electron chi connectivity index (χ4n) is 3.25. The van der Waals surface area contributed by atoms with Gasteiger partial charge in [0.05, 0.1) is 19.3 Å². The zero-order valence-corrected chi connectivity index (χ0v) is 16.4. The molecule has 1 saturated heterocycles. The number of nitrogens with zero attached hydrogens (tertiary/aromatic N) is 2. The van der Waals surface area contributed by atoms with E-state index in [2.05, 4.69) is 52.1 Å². The van der Waals surface area contributed by atoms with Crippen LogP contribution in [-0.4, -0.2) is 39.2 Å². The Hall–Kier alpha value is -2.21. The van der Waals surface area contributed by atoms with Gasteiger partial charge in [0.25, 0.3) is 0 Å². The minimum atomic E-state index is 0.602. The molecule has 6 heteroatoms. The minimum Gasteiger partial charge on any atom is -0.495 e. The molecule has 140 valence electrons. The molecule has 0 amide bonds. The predicted octanol–water partition coefficient (Wildman–Crippen LogP) is 3.34. The SMILES string of the molecule is CCNC(=NCc1cccs1)NCC1CCN(c2ccccc2OC)C1. The standard InChI is InChI=1S/C20H28N4OS/c1-3-21-20(23-14-17-7-6-12-26-17)22-13-16-10-11-24(15-16)18-8-4-5-9-19(18)25-2/h4-9,12,16H,3,10-11,13-15H2,1-2H3,(H2,21,22,23). The van der Waals surface area contributed by atoms with Gasteiger partial charge in [-0.05, 0) is 42.8 Å². The number of ether oxygens (including phenoxy) is 1. The molecule has 1 aromatic carbocycles.